The molecule has 104 valence electrons. The molecule has 1 saturated heterocycles. The Labute approximate surface area is 117 Å². The van der Waals surface area contributed by atoms with Gasteiger partial charge in [0, 0.05) is 32.7 Å². The Morgan fingerprint density at radius 1 is 0.950 bits per heavy atom. The molecular formula is C15H17FN4. The van der Waals surface area contributed by atoms with E-state index in [1.54, 1.807) is 0 Å². The van der Waals surface area contributed by atoms with Crippen LogP contribution >= 0.6 is 0 Å². The van der Waals surface area contributed by atoms with Gasteiger partial charge in [0.05, 0.1) is 12.4 Å². The smallest absolute Gasteiger partial charge is 0.225 e. The molecule has 1 aromatic heterocycles. The first-order chi connectivity index (χ1) is 9.81. The highest BCUT2D eigenvalue weighted by Crippen LogP contribution is 2.12. The number of hydrogen-bond acceptors (Lipinski definition) is 4. The van der Waals surface area contributed by atoms with Crippen molar-refractivity contribution >= 4 is 5.95 Å². The third-order valence-corrected chi connectivity index (χ3v) is 3.51. The van der Waals surface area contributed by atoms with Gasteiger partial charge in [-0.1, -0.05) is 30.3 Å². The summed E-state index contributed by atoms with van der Waals surface area (Å²) in [6.45, 7) is 4.65. The molecule has 3 rings (SSSR count). The summed E-state index contributed by atoms with van der Waals surface area (Å²) in [5.41, 5.74) is 1.33. The van der Waals surface area contributed by atoms with E-state index in [9.17, 15) is 4.39 Å². The highest BCUT2D eigenvalue weighted by Gasteiger charge is 2.18. The van der Waals surface area contributed by atoms with Crippen molar-refractivity contribution in [2.75, 3.05) is 31.1 Å². The minimum Gasteiger partial charge on any atom is -0.338 e. The van der Waals surface area contributed by atoms with Gasteiger partial charge in [-0.05, 0) is 5.56 Å². The second-order valence-corrected chi connectivity index (χ2v) is 4.95. The number of piperazine rings is 1. The van der Waals surface area contributed by atoms with Gasteiger partial charge in [-0.3, -0.25) is 4.90 Å². The fourth-order valence-corrected chi connectivity index (χ4v) is 2.42. The van der Waals surface area contributed by atoms with Crippen molar-refractivity contribution in [2.24, 2.45) is 0 Å². The summed E-state index contributed by atoms with van der Waals surface area (Å²) in [6.07, 6.45) is 2.44. The van der Waals surface area contributed by atoms with Crippen molar-refractivity contribution < 1.29 is 4.39 Å². The van der Waals surface area contributed by atoms with Crippen LogP contribution in [-0.2, 0) is 6.54 Å². The summed E-state index contributed by atoms with van der Waals surface area (Å²) in [7, 11) is 0. The summed E-state index contributed by atoms with van der Waals surface area (Å²) >= 11 is 0. The molecule has 1 aromatic carbocycles. The monoisotopic (exact) mass is 272 g/mol. The van der Waals surface area contributed by atoms with E-state index in [-0.39, 0.29) is 0 Å². The molecule has 2 heterocycles. The van der Waals surface area contributed by atoms with Crippen LogP contribution in [0, 0.1) is 5.82 Å². The van der Waals surface area contributed by atoms with Gasteiger partial charge in [0.2, 0.25) is 5.95 Å². The van der Waals surface area contributed by atoms with Gasteiger partial charge in [-0.2, -0.15) is 0 Å². The van der Waals surface area contributed by atoms with Crippen LogP contribution in [-0.4, -0.2) is 41.0 Å². The molecule has 5 heteroatoms. The summed E-state index contributed by atoms with van der Waals surface area (Å²) < 4.78 is 12.8. The van der Waals surface area contributed by atoms with Crippen molar-refractivity contribution in [3.8, 4) is 0 Å². The molecule has 0 bridgehead atoms. The van der Waals surface area contributed by atoms with E-state index in [0.29, 0.717) is 5.95 Å². The number of halogens is 1. The molecule has 0 saturated carbocycles. The molecule has 1 fully saturated rings. The Morgan fingerprint density at radius 2 is 1.60 bits per heavy atom. The van der Waals surface area contributed by atoms with Crippen molar-refractivity contribution in [1.82, 2.24) is 14.9 Å². The molecule has 4 nitrogen and oxygen atoms in total. The Morgan fingerprint density at radius 3 is 2.25 bits per heavy atom. The van der Waals surface area contributed by atoms with Gasteiger partial charge in [-0.15, -0.1) is 0 Å². The standard InChI is InChI=1S/C15H17FN4/c16-14-10-17-15(18-11-14)20-8-6-19(7-9-20)12-13-4-2-1-3-5-13/h1-5,10-11H,6-9,12H2. The average molecular weight is 272 g/mol. The van der Waals surface area contributed by atoms with Crippen LogP contribution in [0.1, 0.15) is 5.56 Å². The first-order valence-electron chi connectivity index (χ1n) is 6.80. The third kappa shape index (κ3) is 3.11. The maximum Gasteiger partial charge on any atom is 0.225 e. The minimum atomic E-state index is -0.392. The van der Waals surface area contributed by atoms with Crippen molar-refractivity contribution in [3.05, 3.63) is 54.1 Å². The lowest BCUT2D eigenvalue weighted by Gasteiger charge is -2.34. The van der Waals surface area contributed by atoms with Gasteiger partial charge < -0.3 is 4.90 Å². The summed E-state index contributed by atoms with van der Waals surface area (Å²) in [5.74, 6) is 0.224. The molecule has 0 N–H and O–H groups in total. The van der Waals surface area contributed by atoms with E-state index in [1.807, 2.05) is 6.07 Å². The first kappa shape index (κ1) is 13.0. The van der Waals surface area contributed by atoms with Gasteiger partial charge in [0.25, 0.3) is 0 Å². The summed E-state index contributed by atoms with van der Waals surface area (Å²) in [4.78, 5) is 12.6. The Balaban J connectivity index is 1.55. The van der Waals surface area contributed by atoms with E-state index < -0.39 is 5.82 Å². The zero-order valence-corrected chi connectivity index (χ0v) is 11.2. The normalized spacial score (nSPS) is 16.4. The van der Waals surface area contributed by atoms with E-state index in [1.165, 1.54) is 18.0 Å². The second-order valence-electron chi connectivity index (χ2n) is 4.95. The molecular weight excluding hydrogens is 255 g/mol. The van der Waals surface area contributed by atoms with Crippen LogP contribution in [0.5, 0.6) is 0 Å². The molecule has 2 aromatic rings. The van der Waals surface area contributed by atoms with Crippen molar-refractivity contribution in [2.45, 2.75) is 6.54 Å². The highest BCUT2D eigenvalue weighted by molar-refractivity contribution is 5.29. The van der Waals surface area contributed by atoms with Crippen LogP contribution in [0.15, 0.2) is 42.7 Å². The van der Waals surface area contributed by atoms with Gasteiger partial charge in [-0.25, -0.2) is 14.4 Å². The Kier molecular flexibility index (Phi) is 3.87. The van der Waals surface area contributed by atoms with Crippen LogP contribution in [0.4, 0.5) is 10.3 Å². The molecule has 0 amide bonds. The average Bonchev–Trinajstić information content (AvgIpc) is 2.50. The Bertz CT molecular complexity index is 536. The minimum absolute atomic E-state index is 0.392. The van der Waals surface area contributed by atoms with E-state index in [0.717, 1.165) is 32.7 Å². The maximum absolute atomic E-state index is 12.8. The Hall–Kier alpha value is -2.01. The van der Waals surface area contributed by atoms with Gasteiger partial charge in [0.1, 0.15) is 0 Å². The fraction of sp³-hybridized carbons (Fsp3) is 0.333. The van der Waals surface area contributed by atoms with Crippen LogP contribution in [0.25, 0.3) is 0 Å². The van der Waals surface area contributed by atoms with Crippen molar-refractivity contribution in [1.29, 1.82) is 0 Å². The predicted molar refractivity (Wildman–Crippen MR) is 75.9 cm³/mol. The molecule has 0 spiro atoms. The quantitative estimate of drug-likeness (QED) is 0.854. The molecule has 20 heavy (non-hydrogen) atoms. The molecule has 1 aliphatic rings. The van der Waals surface area contributed by atoms with Crippen LogP contribution < -0.4 is 4.90 Å². The van der Waals surface area contributed by atoms with Gasteiger partial charge >= 0.3 is 0 Å². The number of rotatable bonds is 3. The van der Waals surface area contributed by atoms with Crippen molar-refractivity contribution in [3.63, 3.8) is 0 Å². The lowest BCUT2D eigenvalue weighted by atomic mass is 10.2. The zero-order chi connectivity index (χ0) is 13.8. The lowest BCUT2D eigenvalue weighted by Crippen LogP contribution is -2.46. The maximum atomic E-state index is 12.8. The number of anilines is 1. The van der Waals surface area contributed by atoms with E-state index in [2.05, 4.69) is 44.0 Å². The summed E-state index contributed by atoms with van der Waals surface area (Å²) in [5, 5.41) is 0. The van der Waals surface area contributed by atoms with E-state index >= 15 is 0 Å². The zero-order valence-electron chi connectivity index (χ0n) is 11.2. The fourth-order valence-electron chi connectivity index (χ4n) is 2.42. The first-order valence-corrected chi connectivity index (χ1v) is 6.80. The number of benzene rings is 1. The lowest BCUT2D eigenvalue weighted by molar-refractivity contribution is 0.248. The number of hydrogen-bond donors (Lipinski definition) is 0. The molecule has 0 atom stereocenters. The summed E-state index contributed by atoms with van der Waals surface area (Å²) in [6, 6.07) is 10.5. The van der Waals surface area contributed by atoms with E-state index in [4.69, 9.17) is 0 Å². The molecule has 0 unspecified atom stereocenters. The number of nitrogens with zero attached hydrogens (tertiary/aromatic N) is 4. The SMILES string of the molecule is Fc1cnc(N2CCN(Cc3ccccc3)CC2)nc1. The predicted octanol–water partition coefficient (Wildman–Crippen LogP) is 1.94. The largest absolute Gasteiger partial charge is 0.338 e. The molecule has 1 aliphatic heterocycles. The highest BCUT2D eigenvalue weighted by atomic mass is 19.1. The van der Waals surface area contributed by atoms with Crippen LogP contribution in [0.2, 0.25) is 0 Å². The molecule has 0 radical (unpaired) electrons. The van der Waals surface area contributed by atoms with Crippen LogP contribution in [0.3, 0.4) is 0 Å². The van der Waals surface area contributed by atoms with Gasteiger partial charge in [0.15, 0.2) is 5.82 Å². The topological polar surface area (TPSA) is 32.3 Å². The number of aromatic nitrogens is 2. The third-order valence-electron chi connectivity index (χ3n) is 3.51. The second kappa shape index (κ2) is 5.96. The molecule has 0 aliphatic carbocycles.